The molecule has 31 heavy (non-hydrogen) atoms. The molecule has 1 heterocycles. The number of aryl methyl sites for hydroxylation is 1. The molecule has 4 nitrogen and oxygen atoms in total. The summed E-state index contributed by atoms with van der Waals surface area (Å²) in [6.07, 6.45) is 6.50. The summed E-state index contributed by atoms with van der Waals surface area (Å²) in [7, 11) is 0. The Bertz CT molecular complexity index is 1230. The van der Waals surface area contributed by atoms with Crippen molar-refractivity contribution in [2.24, 2.45) is 0 Å². The van der Waals surface area contributed by atoms with Gasteiger partial charge >= 0.3 is 0 Å². The largest absolute Gasteiger partial charge is 0.268 e. The minimum atomic E-state index is -0.142. The Balaban J connectivity index is 1.82. The highest BCUT2D eigenvalue weighted by Crippen LogP contribution is 2.48. The van der Waals surface area contributed by atoms with Gasteiger partial charge in [0, 0.05) is 11.0 Å². The summed E-state index contributed by atoms with van der Waals surface area (Å²) in [6, 6.07) is 18.6. The van der Waals surface area contributed by atoms with E-state index >= 15 is 0 Å². The molecule has 5 rings (SSSR count). The van der Waals surface area contributed by atoms with Crippen LogP contribution in [0.15, 0.2) is 58.5 Å². The zero-order valence-electron chi connectivity index (χ0n) is 17.7. The summed E-state index contributed by atoms with van der Waals surface area (Å²) >= 11 is 1.33. The van der Waals surface area contributed by atoms with Crippen LogP contribution in [0.1, 0.15) is 48.8 Å². The number of aromatic nitrogens is 2. The molecule has 0 atom stereocenters. The molecule has 2 aromatic carbocycles. The molecule has 1 spiro atoms. The van der Waals surface area contributed by atoms with E-state index in [9.17, 15) is 10.1 Å². The fourth-order valence-corrected chi connectivity index (χ4v) is 5.97. The number of fused-ring (bicyclic) bond motifs is 4. The number of hydrogen-bond donors (Lipinski definition) is 0. The Hall–Kier alpha value is -2.84. The molecule has 2 aliphatic rings. The van der Waals surface area contributed by atoms with Gasteiger partial charge in [-0.15, -0.1) is 0 Å². The average Bonchev–Trinajstić information content (AvgIpc) is 2.79. The Morgan fingerprint density at radius 2 is 1.84 bits per heavy atom. The predicted molar refractivity (Wildman–Crippen MR) is 125 cm³/mol. The number of rotatable bonds is 3. The lowest BCUT2D eigenvalue weighted by atomic mass is 9.62. The van der Waals surface area contributed by atoms with Gasteiger partial charge in [-0.2, -0.15) is 5.26 Å². The summed E-state index contributed by atoms with van der Waals surface area (Å²) in [5.41, 5.74) is 5.92. The molecule has 2 aliphatic carbocycles. The van der Waals surface area contributed by atoms with Crippen LogP contribution < -0.4 is 5.56 Å². The van der Waals surface area contributed by atoms with E-state index in [1.54, 1.807) is 4.57 Å². The van der Waals surface area contributed by atoms with E-state index in [4.69, 9.17) is 4.98 Å². The van der Waals surface area contributed by atoms with Crippen molar-refractivity contribution in [3.8, 4) is 23.0 Å². The predicted octanol–water partition coefficient (Wildman–Crippen LogP) is 5.58. The lowest BCUT2D eigenvalue weighted by Crippen LogP contribution is -2.42. The summed E-state index contributed by atoms with van der Waals surface area (Å²) in [5.74, 6) is 0.254. The van der Waals surface area contributed by atoms with Crippen LogP contribution in [-0.4, -0.2) is 15.3 Å². The molecule has 0 radical (unpaired) electrons. The van der Waals surface area contributed by atoms with Crippen molar-refractivity contribution in [1.29, 1.82) is 5.26 Å². The van der Waals surface area contributed by atoms with Gasteiger partial charge in [0.15, 0.2) is 5.16 Å². The number of thioether (sulfide) groups is 1. The van der Waals surface area contributed by atoms with E-state index in [1.165, 1.54) is 23.7 Å². The zero-order valence-corrected chi connectivity index (χ0v) is 18.5. The molecule has 3 aromatic rings. The van der Waals surface area contributed by atoms with Crippen LogP contribution >= 0.6 is 11.8 Å². The second-order valence-electron chi connectivity index (χ2n) is 8.72. The molecule has 0 N–H and O–H groups in total. The van der Waals surface area contributed by atoms with Gasteiger partial charge in [-0.05, 0) is 43.9 Å². The van der Waals surface area contributed by atoms with Crippen LogP contribution in [0, 0.1) is 18.3 Å². The molecule has 1 fully saturated rings. The second kappa shape index (κ2) is 8.01. The standard InChI is InChI=1S/C26H25N3OS/c1-18-9-11-20(12-10-18)29-24(30)22-23(28-25(29)31-16-15-27)21-8-4-3-7-19(21)17-26(22)13-5-2-6-14-26/h3-4,7-12H,2,5-6,13-14,16-17H2,1H3. The van der Waals surface area contributed by atoms with Gasteiger partial charge in [0.1, 0.15) is 0 Å². The zero-order chi connectivity index (χ0) is 21.4. The minimum absolute atomic E-state index is 0.0331. The van der Waals surface area contributed by atoms with Gasteiger partial charge in [0.25, 0.3) is 5.56 Å². The van der Waals surface area contributed by atoms with Crippen LogP contribution in [0.2, 0.25) is 0 Å². The highest BCUT2D eigenvalue weighted by molar-refractivity contribution is 7.99. The van der Waals surface area contributed by atoms with Crippen molar-refractivity contribution in [3.05, 3.63) is 75.6 Å². The Kier molecular flexibility index (Phi) is 5.19. The Morgan fingerprint density at radius 3 is 2.58 bits per heavy atom. The average molecular weight is 428 g/mol. The molecule has 0 unspecified atom stereocenters. The SMILES string of the molecule is Cc1ccc(-n2c(SCC#N)nc3c(c2=O)C2(CCCCC2)Cc2ccccc2-3)cc1. The number of benzene rings is 2. The first-order valence-corrected chi connectivity index (χ1v) is 11.9. The van der Waals surface area contributed by atoms with Crippen LogP contribution in [-0.2, 0) is 11.8 Å². The molecule has 1 aromatic heterocycles. The first kappa shape index (κ1) is 20.1. The third-order valence-electron chi connectivity index (χ3n) is 6.75. The van der Waals surface area contributed by atoms with Crippen LogP contribution in [0.4, 0.5) is 0 Å². The van der Waals surface area contributed by atoms with E-state index in [0.29, 0.717) is 5.16 Å². The van der Waals surface area contributed by atoms with Crippen LogP contribution in [0.3, 0.4) is 0 Å². The van der Waals surface area contributed by atoms with Crippen molar-refractivity contribution < 1.29 is 0 Å². The van der Waals surface area contributed by atoms with Crippen molar-refractivity contribution in [1.82, 2.24) is 9.55 Å². The van der Waals surface area contributed by atoms with Crippen molar-refractivity contribution in [3.63, 3.8) is 0 Å². The number of nitrogens with zero attached hydrogens (tertiary/aromatic N) is 3. The number of hydrogen-bond acceptors (Lipinski definition) is 4. The van der Waals surface area contributed by atoms with Crippen LogP contribution in [0.25, 0.3) is 16.9 Å². The molecule has 156 valence electrons. The summed E-state index contributed by atoms with van der Waals surface area (Å²) in [6.45, 7) is 2.04. The van der Waals surface area contributed by atoms with E-state index < -0.39 is 0 Å². The van der Waals surface area contributed by atoms with Gasteiger partial charge in [-0.25, -0.2) is 4.98 Å². The lowest BCUT2D eigenvalue weighted by Gasteiger charge is -2.42. The quantitative estimate of drug-likeness (QED) is 0.404. The molecular weight excluding hydrogens is 402 g/mol. The third kappa shape index (κ3) is 3.40. The molecule has 0 bridgehead atoms. The van der Waals surface area contributed by atoms with E-state index in [-0.39, 0.29) is 16.7 Å². The van der Waals surface area contributed by atoms with E-state index in [1.807, 2.05) is 37.3 Å². The number of nitriles is 1. The molecule has 5 heteroatoms. The van der Waals surface area contributed by atoms with Gasteiger partial charge in [0.05, 0.1) is 28.8 Å². The maximum Gasteiger partial charge on any atom is 0.263 e. The smallest absolute Gasteiger partial charge is 0.263 e. The molecule has 0 saturated heterocycles. The van der Waals surface area contributed by atoms with Gasteiger partial charge in [0.2, 0.25) is 0 Å². The first-order chi connectivity index (χ1) is 15.1. The van der Waals surface area contributed by atoms with Crippen molar-refractivity contribution in [2.75, 3.05) is 5.75 Å². The monoisotopic (exact) mass is 427 g/mol. The van der Waals surface area contributed by atoms with E-state index in [0.717, 1.165) is 60.2 Å². The Labute approximate surface area is 187 Å². The van der Waals surface area contributed by atoms with Gasteiger partial charge < -0.3 is 0 Å². The summed E-state index contributed by atoms with van der Waals surface area (Å²) in [4.78, 5) is 19.3. The lowest BCUT2D eigenvalue weighted by molar-refractivity contribution is 0.283. The highest BCUT2D eigenvalue weighted by atomic mass is 32.2. The molecule has 0 aliphatic heterocycles. The first-order valence-electron chi connectivity index (χ1n) is 11.0. The third-order valence-corrected chi connectivity index (χ3v) is 7.56. The van der Waals surface area contributed by atoms with Crippen LogP contribution in [0.5, 0.6) is 0 Å². The molecule has 0 amide bonds. The summed E-state index contributed by atoms with van der Waals surface area (Å²) < 4.78 is 1.74. The van der Waals surface area contributed by atoms with Gasteiger partial charge in [-0.1, -0.05) is 73.0 Å². The van der Waals surface area contributed by atoms with Crippen molar-refractivity contribution in [2.45, 2.75) is 56.0 Å². The van der Waals surface area contributed by atoms with Gasteiger partial charge in [-0.3, -0.25) is 9.36 Å². The normalized spacial score (nSPS) is 16.4. The van der Waals surface area contributed by atoms with E-state index in [2.05, 4.69) is 24.3 Å². The maximum absolute atomic E-state index is 14.2. The molecule has 1 saturated carbocycles. The second-order valence-corrected chi connectivity index (χ2v) is 9.66. The minimum Gasteiger partial charge on any atom is -0.268 e. The topological polar surface area (TPSA) is 58.7 Å². The fraction of sp³-hybridized carbons (Fsp3) is 0.346. The summed E-state index contributed by atoms with van der Waals surface area (Å²) in [5, 5.41) is 9.80. The fourth-order valence-electron chi connectivity index (χ4n) is 5.30. The Morgan fingerprint density at radius 1 is 1.10 bits per heavy atom. The molecular formula is C26H25N3OS. The maximum atomic E-state index is 14.2. The highest BCUT2D eigenvalue weighted by Gasteiger charge is 2.43. The van der Waals surface area contributed by atoms with Crippen molar-refractivity contribution >= 4 is 11.8 Å².